The molecule has 0 spiro atoms. The minimum atomic E-state index is -0.217. The molecule has 1 N–H and O–H groups in total. The zero-order valence-electron chi connectivity index (χ0n) is 15.4. The van der Waals surface area contributed by atoms with E-state index in [9.17, 15) is 9.59 Å². The van der Waals surface area contributed by atoms with Gasteiger partial charge in [-0.1, -0.05) is 29.8 Å². The predicted molar refractivity (Wildman–Crippen MR) is 106 cm³/mol. The Morgan fingerprint density at radius 2 is 1.96 bits per heavy atom. The van der Waals surface area contributed by atoms with Crippen molar-refractivity contribution in [2.45, 2.75) is 20.4 Å². The van der Waals surface area contributed by atoms with Crippen LogP contribution in [0.4, 0.5) is 5.69 Å². The van der Waals surface area contributed by atoms with Crippen molar-refractivity contribution in [3.8, 4) is 0 Å². The molecule has 0 aliphatic carbocycles. The fourth-order valence-electron chi connectivity index (χ4n) is 2.88. The summed E-state index contributed by atoms with van der Waals surface area (Å²) in [6.45, 7) is 8.57. The van der Waals surface area contributed by atoms with Crippen molar-refractivity contribution in [2.75, 3.05) is 25.5 Å². The number of hydrogen-bond donors (Lipinski definition) is 1. The molecule has 0 radical (unpaired) electrons. The maximum Gasteiger partial charge on any atom is 0.238 e. The van der Waals surface area contributed by atoms with Crippen LogP contribution in [0, 0.1) is 13.8 Å². The molecule has 6 heteroatoms. The lowest BCUT2D eigenvalue weighted by molar-refractivity contribution is -0.116. The van der Waals surface area contributed by atoms with Gasteiger partial charge in [-0.25, -0.2) is 0 Å². The lowest BCUT2D eigenvalue weighted by Crippen LogP contribution is -2.34. The average molecular weight is 374 g/mol. The van der Waals surface area contributed by atoms with E-state index in [0.717, 1.165) is 11.4 Å². The van der Waals surface area contributed by atoms with Gasteiger partial charge in [-0.2, -0.15) is 0 Å². The second-order valence-corrected chi connectivity index (χ2v) is 6.71. The summed E-state index contributed by atoms with van der Waals surface area (Å²) >= 11 is 6.04. The number of aryl methyl sites for hydroxylation is 1. The molecule has 0 unspecified atom stereocenters. The lowest BCUT2D eigenvalue weighted by atomic mass is 10.1. The number of anilines is 1. The topological polar surface area (TPSA) is 54.3 Å². The number of nitrogens with zero attached hydrogens (tertiary/aromatic N) is 2. The molecule has 5 nitrogen and oxygen atoms in total. The van der Waals surface area contributed by atoms with Gasteiger partial charge in [0.15, 0.2) is 5.78 Å². The second-order valence-electron chi connectivity index (χ2n) is 6.31. The monoisotopic (exact) mass is 373 g/mol. The maximum atomic E-state index is 12.6. The van der Waals surface area contributed by atoms with Gasteiger partial charge in [0, 0.05) is 23.5 Å². The van der Waals surface area contributed by atoms with Crippen LogP contribution >= 0.6 is 11.6 Å². The first-order chi connectivity index (χ1) is 12.3. The first kappa shape index (κ1) is 19.9. The molecule has 26 heavy (non-hydrogen) atoms. The number of Topliss-reactive ketones (excluding diaryl/α,β-unsaturated/α-hetero) is 1. The Bertz CT molecular complexity index is 826. The van der Waals surface area contributed by atoms with Gasteiger partial charge in [-0.3, -0.25) is 14.5 Å². The lowest BCUT2D eigenvalue weighted by Gasteiger charge is -2.16. The standard InChI is InChI=1S/C20H24ClN3O2/c1-5-10-24-14(2)11-16(15(24)3)19(25)12-23(4)13-20(26)22-18-9-7-6-8-17(18)21/h5-9,11H,1,10,12-13H2,2-4H3,(H,22,26). The van der Waals surface area contributed by atoms with Crippen LogP contribution in [0.2, 0.25) is 5.02 Å². The summed E-state index contributed by atoms with van der Waals surface area (Å²) in [5, 5.41) is 3.24. The van der Waals surface area contributed by atoms with E-state index in [0.29, 0.717) is 22.8 Å². The molecule has 0 fully saturated rings. The Labute approximate surface area is 159 Å². The van der Waals surface area contributed by atoms with E-state index in [-0.39, 0.29) is 24.8 Å². The number of hydrogen-bond acceptors (Lipinski definition) is 3. The first-order valence-corrected chi connectivity index (χ1v) is 8.75. The number of ketones is 1. The van der Waals surface area contributed by atoms with Crippen molar-refractivity contribution in [3.05, 3.63) is 65.0 Å². The quantitative estimate of drug-likeness (QED) is 0.567. The van der Waals surface area contributed by atoms with Gasteiger partial charge in [0.05, 0.1) is 23.8 Å². The van der Waals surface area contributed by atoms with E-state index < -0.39 is 0 Å². The Balaban J connectivity index is 1.97. The minimum absolute atomic E-state index is 0.0125. The summed E-state index contributed by atoms with van der Waals surface area (Å²) in [4.78, 5) is 26.5. The fraction of sp³-hybridized carbons (Fsp3) is 0.300. The average Bonchev–Trinajstić information content (AvgIpc) is 2.85. The van der Waals surface area contributed by atoms with E-state index in [1.165, 1.54) is 0 Å². The zero-order chi connectivity index (χ0) is 19.3. The Morgan fingerprint density at radius 1 is 1.27 bits per heavy atom. The number of halogens is 1. The molecule has 0 aliphatic heterocycles. The van der Waals surface area contributed by atoms with Crippen LogP contribution in [-0.4, -0.2) is 41.3 Å². The van der Waals surface area contributed by atoms with Crippen LogP contribution in [0.15, 0.2) is 43.0 Å². The molecular weight excluding hydrogens is 350 g/mol. The summed E-state index contributed by atoms with van der Waals surface area (Å²) < 4.78 is 2.05. The molecule has 1 aromatic heterocycles. The largest absolute Gasteiger partial charge is 0.345 e. The molecule has 0 saturated heterocycles. The molecule has 0 aliphatic rings. The van der Waals surface area contributed by atoms with Crippen LogP contribution in [0.3, 0.4) is 0 Å². The highest BCUT2D eigenvalue weighted by Gasteiger charge is 2.18. The summed E-state index contributed by atoms with van der Waals surface area (Å²) in [6.07, 6.45) is 1.80. The van der Waals surface area contributed by atoms with E-state index >= 15 is 0 Å². The van der Waals surface area contributed by atoms with E-state index in [1.54, 1.807) is 42.3 Å². The van der Waals surface area contributed by atoms with E-state index in [2.05, 4.69) is 11.9 Å². The molecule has 1 amide bonds. The van der Waals surface area contributed by atoms with Crippen LogP contribution < -0.4 is 5.32 Å². The minimum Gasteiger partial charge on any atom is -0.345 e. The number of benzene rings is 1. The molecule has 0 saturated carbocycles. The van der Waals surface area contributed by atoms with Crippen molar-refractivity contribution in [1.82, 2.24) is 9.47 Å². The number of para-hydroxylation sites is 1. The number of likely N-dealkylation sites (N-methyl/N-ethyl adjacent to an activating group) is 1. The maximum absolute atomic E-state index is 12.6. The molecule has 138 valence electrons. The molecule has 0 bridgehead atoms. The van der Waals surface area contributed by atoms with Crippen LogP contribution in [-0.2, 0) is 11.3 Å². The fourth-order valence-corrected chi connectivity index (χ4v) is 3.06. The van der Waals surface area contributed by atoms with Gasteiger partial charge < -0.3 is 9.88 Å². The van der Waals surface area contributed by atoms with E-state index in [4.69, 9.17) is 11.6 Å². The van der Waals surface area contributed by atoms with Crippen molar-refractivity contribution >= 4 is 29.0 Å². The molecule has 0 atom stereocenters. The van der Waals surface area contributed by atoms with Gasteiger partial charge in [0.25, 0.3) is 0 Å². The second kappa shape index (κ2) is 8.83. The smallest absolute Gasteiger partial charge is 0.238 e. The van der Waals surface area contributed by atoms with Gasteiger partial charge in [-0.05, 0) is 39.1 Å². The van der Waals surface area contributed by atoms with Gasteiger partial charge >= 0.3 is 0 Å². The Hall–Kier alpha value is -2.37. The molecule has 1 heterocycles. The van der Waals surface area contributed by atoms with Gasteiger partial charge in [-0.15, -0.1) is 6.58 Å². The van der Waals surface area contributed by atoms with Crippen molar-refractivity contribution in [3.63, 3.8) is 0 Å². The van der Waals surface area contributed by atoms with E-state index in [1.807, 2.05) is 24.5 Å². The van der Waals surface area contributed by atoms with Crippen LogP contribution in [0.25, 0.3) is 0 Å². The zero-order valence-corrected chi connectivity index (χ0v) is 16.1. The highest BCUT2D eigenvalue weighted by molar-refractivity contribution is 6.33. The van der Waals surface area contributed by atoms with Crippen LogP contribution in [0.5, 0.6) is 0 Å². The predicted octanol–water partition coefficient (Wildman–Crippen LogP) is 3.70. The summed E-state index contributed by atoms with van der Waals surface area (Å²) in [5.41, 5.74) is 3.18. The third kappa shape index (κ3) is 4.84. The summed E-state index contributed by atoms with van der Waals surface area (Å²) in [5.74, 6) is -0.230. The number of nitrogens with one attached hydrogen (secondary N) is 1. The number of rotatable bonds is 8. The van der Waals surface area contributed by atoms with Crippen molar-refractivity contribution < 1.29 is 9.59 Å². The first-order valence-electron chi connectivity index (χ1n) is 8.37. The number of carbonyl (C=O) groups is 2. The number of aromatic nitrogens is 1. The summed E-state index contributed by atoms with van der Waals surface area (Å²) in [7, 11) is 1.74. The van der Waals surface area contributed by atoms with Gasteiger partial charge in [0.2, 0.25) is 5.91 Å². The number of amides is 1. The highest BCUT2D eigenvalue weighted by atomic mass is 35.5. The SMILES string of the molecule is C=CCn1c(C)cc(C(=O)CN(C)CC(=O)Nc2ccccc2Cl)c1C. The number of allylic oxidation sites excluding steroid dienone is 1. The Kier molecular flexibility index (Phi) is 6.77. The molecule has 2 aromatic rings. The Morgan fingerprint density at radius 3 is 2.62 bits per heavy atom. The van der Waals surface area contributed by atoms with Gasteiger partial charge in [0.1, 0.15) is 0 Å². The third-order valence-corrected chi connectivity index (χ3v) is 4.49. The molecule has 2 rings (SSSR count). The van der Waals surface area contributed by atoms with Crippen LogP contribution in [0.1, 0.15) is 21.7 Å². The van der Waals surface area contributed by atoms with Crippen molar-refractivity contribution in [2.24, 2.45) is 0 Å². The highest BCUT2D eigenvalue weighted by Crippen LogP contribution is 2.20. The summed E-state index contributed by atoms with van der Waals surface area (Å²) in [6, 6.07) is 8.93. The van der Waals surface area contributed by atoms with Crippen molar-refractivity contribution in [1.29, 1.82) is 0 Å². The molecule has 1 aromatic carbocycles. The normalized spacial score (nSPS) is 10.8. The molecular formula is C20H24ClN3O2. The number of carbonyl (C=O) groups excluding carboxylic acids is 2. The third-order valence-electron chi connectivity index (χ3n) is 4.16.